The largest absolute Gasteiger partial charge is 0.320 e. The SMILES string of the molecule is CCc1cc2ccc(F)c(Cl)c2[nH]c1=O. The second kappa shape index (κ2) is 3.66. The molecule has 4 heteroatoms. The van der Waals surface area contributed by atoms with Gasteiger partial charge in [-0.2, -0.15) is 0 Å². The Morgan fingerprint density at radius 3 is 2.87 bits per heavy atom. The third-order valence-electron chi connectivity index (χ3n) is 2.37. The molecule has 0 atom stereocenters. The van der Waals surface area contributed by atoms with Crippen molar-refractivity contribution in [3.05, 3.63) is 45.0 Å². The lowest BCUT2D eigenvalue weighted by Gasteiger charge is -2.03. The Hall–Kier alpha value is -1.35. The van der Waals surface area contributed by atoms with Crippen LogP contribution in [0.1, 0.15) is 12.5 Å². The molecule has 2 aromatic rings. The Labute approximate surface area is 90.7 Å². The maximum absolute atomic E-state index is 13.1. The van der Waals surface area contributed by atoms with Gasteiger partial charge in [-0.3, -0.25) is 4.79 Å². The summed E-state index contributed by atoms with van der Waals surface area (Å²) in [6, 6.07) is 4.63. The standard InChI is InChI=1S/C11H9ClFNO/c1-2-6-5-7-3-4-8(13)9(12)10(7)14-11(6)15/h3-5H,2H2,1H3,(H,14,15). The number of hydrogen-bond acceptors (Lipinski definition) is 1. The lowest BCUT2D eigenvalue weighted by atomic mass is 10.1. The third-order valence-corrected chi connectivity index (χ3v) is 2.74. The quantitative estimate of drug-likeness (QED) is 0.795. The van der Waals surface area contributed by atoms with Crippen molar-refractivity contribution in [2.24, 2.45) is 0 Å². The zero-order chi connectivity index (χ0) is 11.0. The Bertz CT molecular complexity index is 577. The van der Waals surface area contributed by atoms with Gasteiger partial charge in [0.05, 0.1) is 5.52 Å². The predicted octanol–water partition coefficient (Wildman–Crippen LogP) is 2.88. The first kappa shape index (κ1) is 10.2. The van der Waals surface area contributed by atoms with Crippen LogP contribution in [-0.4, -0.2) is 4.98 Å². The number of benzene rings is 1. The molecule has 1 aromatic carbocycles. The van der Waals surface area contributed by atoms with Gasteiger partial charge in [-0.1, -0.05) is 18.5 Å². The van der Waals surface area contributed by atoms with Crippen molar-refractivity contribution in [1.29, 1.82) is 0 Å². The fourth-order valence-electron chi connectivity index (χ4n) is 1.52. The number of nitrogens with one attached hydrogen (secondary N) is 1. The van der Waals surface area contributed by atoms with Crippen LogP contribution >= 0.6 is 11.6 Å². The summed E-state index contributed by atoms with van der Waals surface area (Å²) in [6.07, 6.45) is 0.639. The van der Waals surface area contributed by atoms with Crippen LogP contribution < -0.4 is 5.56 Å². The highest BCUT2D eigenvalue weighted by Gasteiger charge is 2.07. The second-order valence-electron chi connectivity index (χ2n) is 3.30. The zero-order valence-corrected chi connectivity index (χ0v) is 8.86. The Balaban J connectivity index is 2.87. The molecule has 0 saturated carbocycles. The first-order valence-electron chi connectivity index (χ1n) is 4.63. The highest BCUT2D eigenvalue weighted by Crippen LogP contribution is 2.23. The maximum atomic E-state index is 13.1. The van der Waals surface area contributed by atoms with E-state index in [1.807, 2.05) is 6.92 Å². The van der Waals surface area contributed by atoms with E-state index in [9.17, 15) is 9.18 Å². The molecule has 1 N–H and O–H groups in total. The van der Waals surface area contributed by atoms with Crippen molar-refractivity contribution in [3.8, 4) is 0 Å². The first-order valence-corrected chi connectivity index (χ1v) is 5.01. The van der Waals surface area contributed by atoms with Crippen LogP contribution in [0.4, 0.5) is 4.39 Å². The van der Waals surface area contributed by atoms with E-state index in [1.54, 1.807) is 12.1 Å². The molecule has 0 radical (unpaired) electrons. The van der Waals surface area contributed by atoms with E-state index in [-0.39, 0.29) is 10.6 Å². The van der Waals surface area contributed by atoms with Gasteiger partial charge < -0.3 is 4.98 Å². The fraction of sp³-hybridized carbons (Fsp3) is 0.182. The number of H-pyrrole nitrogens is 1. The number of rotatable bonds is 1. The molecule has 0 saturated heterocycles. The number of fused-ring (bicyclic) bond motifs is 1. The molecule has 1 heterocycles. The molecule has 15 heavy (non-hydrogen) atoms. The minimum absolute atomic E-state index is 0.0350. The smallest absolute Gasteiger partial charge is 0.251 e. The molecule has 0 fully saturated rings. The highest BCUT2D eigenvalue weighted by molar-refractivity contribution is 6.35. The maximum Gasteiger partial charge on any atom is 0.251 e. The van der Waals surface area contributed by atoms with Crippen molar-refractivity contribution in [2.45, 2.75) is 13.3 Å². The number of aromatic nitrogens is 1. The molecule has 2 rings (SSSR count). The summed E-state index contributed by atoms with van der Waals surface area (Å²) in [4.78, 5) is 14.1. The van der Waals surface area contributed by atoms with E-state index >= 15 is 0 Å². The Morgan fingerprint density at radius 2 is 2.20 bits per heavy atom. The number of halogens is 2. The molecule has 1 aromatic heterocycles. The van der Waals surface area contributed by atoms with E-state index in [4.69, 9.17) is 11.6 Å². The van der Waals surface area contributed by atoms with Gasteiger partial charge in [0.2, 0.25) is 0 Å². The molecular weight excluding hydrogens is 217 g/mol. The lowest BCUT2D eigenvalue weighted by molar-refractivity contribution is 0.629. The van der Waals surface area contributed by atoms with Gasteiger partial charge in [0, 0.05) is 10.9 Å². The molecule has 0 aliphatic heterocycles. The summed E-state index contributed by atoms with van der Waals surface area (Å²) in [6.45, 7) is 1.89. The van der Waals surface area contributed by atoms with Crippen LogP contribution in [0.2, 0.25) is 5.02 Å². The number of pyridine rings is 1. The molecule has 0 bridgehead atoms. The van der Waals surface area contributed by atoms with E-state index in [2.05, 4.69) is 4.98 Å². The first-order chi connectivity index (χ1) is 7.13. The molecule has 0 aliphatic carbocycles. The minimum Gasteiger partial charge on any atom is -0.320 e. The average molecular weight is 226 g/mol. The summed E-state index contributed by atoms with van der Waals surface area (Å²) < 4.78 is 13.1. The van der Waals surface area contributed by atoms with Crippen LogP contribution in [0.25, 0.3) is 10.9 Å². The number of aromatic amines is 1. The van der Waals surface area contributed by atoms with Gasteiger partial charge in [0.25, 0.3) is 5.56 Å². The summed E-state index contributed by atoms with van der Waals surface area (Å²) in [7, 11) is 0. The third kappa shape index (κ3) is 1.63. The number of aryl methyl sites for hydroxylation is 1. The average Bonchev–Trinajstić information content (AvgIpc) is 2.24. The molecule has 0 aliphatic rings. The van der Waals surface area contributed by atoms with Gasteiger partial charge in [-0.15, -0.1) is 0 Å². The summed E-state index contributed by atoms with van der Waals surface area (Å²) in [5, 5.41) is 0.713. The number of hydrogen-bond donors (Lipinski definition) is 1. The molecule has 0 amide bonds. The molecule has 2 nitrogen and oxygen atoms in total. The van der Waals surface area contributed by atoms with Crippen molar-refractivity contribution in [2.75, 3.05) is 0 Å². The van der Waals surface area contributed by atoms with Crippen LogP contribution in [-0.2, 0) is 6.42 Å². The summed E-state index contributed by atoms with van der Waals surface area (Å²) >= 11 is 5.75. The summed E-state index contributed by atoms with van der Waals surface area (Å²) in [5.74, 6) is -0.524. The topological polar surface area (TPSA) is 32.9 Å². The van der Waals surface area contributed by atoms with Crippen LogP contribution in [0.3, 0.4) is 0 Å². The van der Waals surface area contributed by atoms with Crippen molar-refractivity contribution >= 4 is 22.5 Å². The molecule has 0 unspecified atom stereocenters. The Kier molecular flexibility index (Phi) is 2.49. The predicted molar refractivity (Wildman–Crippen MR) is 58.9 cm³/mol. The fourth-order valence-corrected chi connectivity index (χ4v) is 1.74. The zero-order valence-electron chi connectivity index (χ0n) is 8.10. The van der Waals surface area contributed by atoms with Crippen LogP contribution in [0.5, 0.6) is 0 Å². The van der Waals surface area contributed by atoms with Gasteiger partial charge >= 0.3 is 0 Å². The van der Waals surface area contributed by atoms with E-state index < -0.39 is 5.82 Å². The lowest BCUT2D eigenvalue weighted by Crippen LogP contribution is -2.11. The van der Waals surface area contributed by atoms with Gasteiger partial charge in [0.1, 0.15) is 10.8 Å². The van der Waals surface area contributed by atoms with Crippen molar-refractivity contribution in [1.82, 2.24) is 4.98 Å². The van der Waals surface area contributed by atoms with Gasteiger partial charge in [-0.25, -0.2) is 4.39 Å². The normalized spacial score (nSPS) is 10.9. The van der Waals surface area contributed by atoms with E-state index in [0.717, 1.165) is 5.39 Å². The van der Waals surface area contributed by atoms with Crippen molar-refractivity contribution < 1.29 is 4.39 Å². The Morgan fingerprint density at radius 1 is 1.47 bits per heavy atom. The second-order valence-corrected chi connectivity index (χ2v) is 3.68. The van der Waals surface area contributed by atoms with Gasteiger partial charge in [0.15, 0.2) is 0 Å². The van der Waals surface area contributed by atoms with E-state index in [1.165, 1.54) is 6.07 Å². The minimum atomic E-state index is -0.524. The van der Waals surface area contributed by atoms with Crippen LogP contribution in [0.15, 0.2) is 23.0 Å². The van der Waals surface area contributed by atoms with Gasteiger partial charge in [-0.05, 0) is 24.6 Å². The molecule has 0 spiro atoms. The molecular formula is C11H9ClFNO. The summed E-state index contributed by atoms with van der Waals surface area (Å²) in [5.41, 5.74) is 0.821. The van der Waals surface area contributed by atoms with Crippen molar-refractivity contribution in [3.63, 3.8) is 0 Å². The highest BCUT2D eigenvalue weighted by atomic mass is 35.5. The monoisotopic (exact) mass is 225 g/mol. The van der Waals surface area contributed by atoms with Crippen LogP contribution in [0, 0.1) is 5.82 Å². The van der Waals surface area contributed by atoms with E-state index in [0.29, 0.717) is 17.5 Å². The molecule has 78 valence electrons.